The largest absolute Gasteiger partial charge is 0.378 e. The highest BCUT2D eigenvalue weighted by Gasteiger charge is 2.09. The fraction of sp³-hybridized carbons (Fsp3) is 0.211. The van der Waals surface area contributed by atoms with Crippen LogP contribution in [-0.4, -0.2) is 36.0 Å². The minimum absolute atomic E-state index is 0.0685. The predicted octanol–water partition coefficient (Wildman–Crippen LogP) is 4.39. The normalized spacial score (nSPS) is 10.5. The van der Waals surface area contributed by atoms with Gasteiger partial charge in [0.1, 0.15) is 0 Å². The Morgan fingerprint density at radius 2 is 1.89 bits per heavy atom. The van der Waals surface area contributed by atoms with E-state index in [2.05, 4.69) is 20.8 Å². The Bertz CT molecular complexity index is 908. The lowest BCUT2D eigenvalue weighted by Gasteiger charge is -2.12. The average Bonchev–Trinajstić information content (AvgIpc) is 3.08. The number of thioether (sulfide) groups is 1. The van der Waals surface area contributed by atoms with Gasteiger partial charge in [0.25, 0.3) is 0 Å². The van der Waals surface area contributed by atoms with Gasteiger partial charge in [0, 0.05) is 31.2 Å². The number of benzene rings is 2. The molecule has 0 saturated carbocycles. The van der Waals surface area contributed by atoms with Gasteiger partial charge in [0.05, 0.1) is 5.75 Å². The van der Waals surface area contributed by atoms with E-state index in [0.29, 0.717) is 5.13 Å². The molecule has 0 unspecified atom stereocenters. The van der Waals surface area contributed by atoms with Gasteiger partial charge < -0.3 is 15.5 Å². The summed E-state index contributed by atoms with van der Waals surface area (Å²) in [5.74, 6) is 0.218. The van der Waals surface area contributed by atoms with Crippen molar-refractivity contribution in [3.63, 3.8) is 0 Å². The van der Waals surface area contributed by atoms with Crippen LogP contribution in [0.2, 0.25) is 0 Å². The fourth-order valence-electron chi connectivity index (χ4n) is 2.33. The summed E-state index contributed by atoms with van der Waals surface area (Å²) < 4.78 is 0.753. The van der Waals surface area contributed by atoms with Crippen LogP contribution >= 0.6 is 23.1 Å². The van der Waals surface area contributed by atoms with Crippen LogP contribution in [0, 0.1) is 6.92 Å². The number of anilines is 4. The van der Waals surface area contributed by atoms with Gasteiger partial charge in [-0.1, -0.05) is 35.2 Å². The Hall–Kier alpha value is -2.58. The number of nitrogens with zero attached hydrogens (tertiary/aromatic N) is 3. The van der Waals surface area contributed by atoms with Crippen molar-refractivity contribution in [3.05, 3.63) is 54.1 Å². The van der Waals surface area contributed by atoms with Gasteiger partial charge in [-0.2, -0.15) is 0 Å². The number of rotatable bonds is 7. The number of aryl methyl sites for hydroxylation is 1. The van der Waals surface area contributed by atoms with Gasteiger partial charge in [-0.05, 0) is 48.9 Å². The molecule has 0 spiro atoms. The van der Waals surface area contributed by atoms with Gasteiger partial charge in [0.2, 0.25) is 11.0 Å². The molecule has 0 saturated heterocycles. The third kappa shape index (κ3) is 5.70. The molecule has 2 N–H and O–H groups in total. The maximum atomic E-state index is 12.1. The molecule has 0 radical (unpaired) electrons. The van der Waals surface area contributed by atoms with Gasteiger partial charge in [-0.15, -0.1) is 10.2 Å². The van der Waals surface area contributed by atoms with Crippen molar-refractivity contribution in [2.75, 3.05) is 35.4 Å². The van der Waals surface area contributed by atoms with E-state index in [4.69, 9.17) is 0 Å². The van der Waals surface area contributed by atoms with Crippen LogP contribution in [0.4, 0.5) is 22.2 Å². The lowest BCUT2D eigenvalue weighted by Crippen LogP contribution is -2.14. The molecule has 8 heteroatoms. The number of carbonyl (C=O) groups is 1. The van der Waals surface area contributed by atoms with Crippen LogP contribution in [0.5, 0.6) is 0 Å². The topological polar surface area (TPSA) is 70.1 Å². The Labute approximate surface area is 167 Å². The number of nitrogens with one attached hydrogen (secondary N) is 2. The lowest BCUT2D eigenvalue weighted by molar-refractivity contribution is -0.113. The highest BCUT2D eigenvalue weighted by atomic mass is 32.2. The first-order chi connectivity index (χ1) is 13.0. The summed E-state index contributed by atoms with van der Waals surface area (Å²) in [7, 11) is 3.96. The van der Waals surface area contributed by atoms with E-state index in [1.807, 2.05) is 74.4 Å². The van der Waals surface area contributed by atoms with Crippen molar-refractivity contribution in [1.82, 2.24) is 10.2 Å². The number of hydrogen-bond acceptors (Lipinski definition) is 7. The zero-order chi connectivity index (χ0) is 19.2. The summed E-state index contributed by atoms with van der Waals surface area (Å²) in [6, 6.07) is 15.8. The molecule has 140 valence electrons. The Morgan fingerprint density at radius 3 is 2.59 bits per heavy atom. The van der Waals surface area contributed by atoms with E-state index in [1.165, 1.54) is 28.7 Å². The SMILES string of the molecule is Cc1cccc(Nc2nnc(SCC(=O)Nc3ccc(N(C)C)cc3)s2)c1. The van der Waals surface area contributed by atoms with Crippen molar-refractivity contribution in [3.8, 4) is 0 Å². The smallest absolute Gasteiger partial charge is 0.234 e. The molecule has 27 heavy (non-hydrogen) atoms. The molecule has 3 rings (SSSR count). The Balaban J connectivity index is 1.49. The van der Waals surface area contributed by atoms with E-state index < -0.39 is 0 Å². The van der Waals surface area contributed by atoms with Gasteiger partial charge in [-0.25, -0.2) is 0 Å². The summed E-state index contributed by atoms with van der Waals surface area (Å²) >= 11 is 2.81. The predicted molar refractivity (Wildman–Crippen MR) is 114 cm³/mol. The zero-order valence-electron chi connectivity index (χ0n) is 15.4. The van der Waals surface area contributed by atoms with Crippen LogP contribution in [0.25, 0.3) is 0 Å². The molecule has 0 aliphatic heterocycles. The molecule has 6 nitrogen and oxygen atoms in total. The molecule has 0 bridgehead atoms. The van der Waals surface area contributed by atoms with Crippen LogP contribution in [0.1, 0.15) is 5.56 Å². The maximum absolute atomic E-state index is 12.1. The maximum Gasteiger partial charge on any atom is 0.234 e. The second-order valence-electron chi connectivity index (χ2n) is 6.15. The van der Waals surface area contributed by atoms with Gasteiger partial charge in [0.15, 0.2) is 4.34 Å². The Kier molecular flexibility index (Phi) is 6.31. The number of hydrogen-bond donors (Lipinski definition) is 2. The fourth-order valence-corrected chi connectivity index (χ4v) is 3.90. The summed E-state index contributed by atoms with van der Waals surface area (Å²) in [4.78, 5) is 14.2. The lowest BCUT2D eigenvalue weighted by atomic mass is 10.2. The molecule has 0 aliphatic carbocycles. The first-order valence-electron chi connectivity index (χ1n) is 8.37. The molecule has 3 aromatic rings. The van der Waals surface area contributed by atoms with E-state index in [1.54, 1.807) is 0 Å². The summed E-state index contributed by atoms with van der Waals surface area (Å²) in [6.45, 7) is 2.04. The minimum atomic E-state index is -0.0685. The summed E-state index contributed by atoms with van der Waals surface area (Å²) in [5, 5.41) is 15.1. The third-order valence-corrected chi connectivity index (χ3v) is 5.64. The summed E-state index contributed by atoms with van der Waals surface area (Å²) in [5.41, 5.74) is 4.02. The van der Waals surface area contributed by atoms with E-state index in [-0.39, 0.29) is 11.7 Å². The van der Waals surface area contributed by atoms with Crippen molar-refractivity contribution in [1.29, 1.82) is 0 Å². The van der Waals surface area contributed by atoms with Crippen LogP contribution < -0.4 is 15.5 Å². The molecule has 1 amide bonds. The van der Waals surface area contributed by atoms with Crippen molar-refractivity contribution in [2.24, 2.45) is 0 Å². The Morgan fingerprint density at radius 1 is 1.11 bits per heavy atom. The molecule has 1 heterocycles. The van der Waals surface area contributed by atoms with Crippen molar-refractivity contribution in [2.45, 2.75) is 11.3 Å². The van der Waals surface area contributed by atoms with Crippen LogP contribution in [-0.2, 0) is 4.79 Å². The highest BCUT2D eigenvalue weighted by Crippen LogP contribution is 2.28. The molecule has 2 aromatic carbocycles. The molecular weight excluding hydrogens is 378 g/mol. The molecule has 0 atom stereocenters. The summed E-state index contributed by atoms with van der Waals surface area (Å²) in [6.07, 6.45) is 0. The highest BCUT2D eigenvalue weighted by molar-refractivity contribution is 8.01. The first-order valence-corrected chi connectivity index (χ1v) is 10.2. The first kappa shape index (κ1) is 19.2. The number of aromatic nitrogens is 2. The minimum Gasteiger partial charge on any atom is -0.378 e. The van der Waals surface area contributed by atoms with Crippen LogP contribution in [0.3, 0.4) is 0 Å². The third-order valence-electron chi connectivity index (χ3n) is 3.67. The average molecular weight is 400 g/mol. The van der Waals surface area contributed by atoms with Crippen molar-refractivity contribution < 1.29 is 4.79 Å². The van der Waals surface area contributed by atoms with Gasteiger partial charge >= 0.3 is 0 Å². The van der Waals surface area contributed by atoms with E-state index in [9.17, 15) is 4.79 Å². The van der Waals surface area contributed by atoms with Gasteiger partial charge in [-0.3, -0.25) is 4.79 Å². The monoisotopic (exact) mass is 399 g/mol. The standard InChI is InChI=1S/C19H21N5OS2/c1-13-5-4-6-15(11-13)21-18-22-23-19(27-18)26-12-17(25)20-14-7-9-16(10-8-14)24(2)3/h4-11H,12H2,1-3H3,(H,20,25)(H,21,22). The molecular formula is C19H21N5OS2. The number of amides is 1. The zero-order valence-corrected chi connectivity index (χ0v) is 17.0. The quantitative estimate of drug-likeness (QED) is 0.574. The molecule has 0 aliphatic rings. The second-order valence-corrected chi connectivity index (χ2v) is 8.35. The molecule has 1 aromatic heterocycles. The number of carbonyl (C=O) groups excluding carboxylic acids is 1. The van der Waals surface area contributed by atoms with E-state index in [0.717, 1.165) is 21.4 Å². The van der Waals surface area contributed by atoms with E-state index >= 15 is 0 Å². The molecule has 0 fully saturated rings. The van der Waals surface area contributed by atoms with Crippen molar-refractivity contribution >= 4 is 51.2 Å². The second kappa shape index (κ2) is 8.88. The van der Waals surface area contributed by atoms with Crippen LogP contribution in [0.15, 0.2) is 52.9 Å².